The van der Waals surface area contributed by atoms with Crippen LogP contribution in [0.3, 0.4) is 0 Å². The monoisotopic (exact) mass is 348 g/mol. The zero-order chi connectivity index (χ0) is 15.8. The fraction of sp³-hybridized carbons (Fsp3) is 0.235. The van der Waals surface area contributed by atoms with Crippen LogP contribution >= 0.6 is 12.2 Å². The summed E-state index contributed by atoms with van der Waals surface area (Å²) in [6.45, 7) is 5.24. The topological polar surface area (TPSA) is 42.5 Å². The molecule has 0 radical (unpaired) electrons. The van der Waals surface area contributed by atoms with Crippen LogP contribution in [0.2, 0.25) is 0 Å². The molecule has 0 amide bonds. The molecule has 0 unspecified atom stereocenters. The zero-order valence-electron chi connectivity index (χ0n) is 12.8. The van der Waals surface area contributed by atoms with Gasteiger partial charge in [-0.15, -0.1) is 0 Å². The van der Waals surface area contributed by atoms with Crippen LogP contribution in [-0.4, -0.2) is 29.3 Å². The van der Waals surface area contributed by atoms with Crippen LogP contribution in [0.4, 0.5) is 11.4 Å². The predicted octanol–water partition coefficient (Wildman–Crippen LogP) is 2.84. The van der Waals surface area contributed by atoms with E-state index < -0.39 is 0 Å². The Labute approximate surface area is 147 Å². The lowest BCUT2D eigenvalue weighted by Crippen LogP contribution is -2.18. The second-order valence-electron chi connectivity index (χ2n) is 4.49. The van der Waals surface area contributed by atoms with Gasteiger partial charge in [0.1, 0.15) is 11.5 Å². The summed E-state index contributed by atoms with van der Waals surface area (Å²) in [6.07, 6.45) is 0. The highest BCUT2D eigenvalue weighted by Gasteiger charge is 2.00. The Bertz CT molecular complexity index is 549. The van der Waals surface area contributed by atoms with Crippen molar-refractivity contribution >= 4 is 39.7 Å². The zero-order valence-corrected chi connectivity index (χ0v) is 13.6. The molecule has 2 rings (SSSR count). The van der Waals surface area contributed by atoms with Crippen LogP contribution in [0.5, 0.6) is 11.5 Å². The number of ether oxygens (including phenoxy) is 2. The Morgan fingerprint density at radius 3 is 1.43 bits per heavy atom. The summed E-state index contributed by atoms with van der Waals surface area (Å²) in [6, 6.07) is 15.3. The smallest absolute Gasteiger partial charge is 0.175 e. The van der Waals surface area contributed by atoms with Gasteiger partial charge >= 0.3 is 0 Å². The highest BCUT2D eigenvalue weighted by atomic mass is 32.1. The third-order valence-electron chi connectivity index (χ3n) is 2.85. The van der Waals surface area contributed by atoms with Crippen molar-refractivity contribution in [2.24, 2.45) is 0 Å². The second-order valence-corrected chi connectivity index (χ2v) is 4.90. The van der Waals surface area contributed by atoms with Crippen LogP contribution in [0, 0.1) is 0 Å². The summed E-state index contributed by atoms with van der Waals surface area (Å²) in [4.78, 5) is 0. The van der Waals surface area contributed by atoms with Crippen molar-refractivity contribution in [2.45, 2.75) is 13.8 Å². The summed E-state index contributed by atoms with van der Waals surface area (Å²) in [5.74, 6) is 1.69. The van der Waals surface area contributed by atoms with Crippen molar-refractivity contribution < 1.29 is 9.47 Å². The van der Waals surface area contributed by atoms with Crippen molar-refractivity contribution in [3.05, 3.63) is 48.5 Å². The maximum absolute atomic E-state index is 5.40. The van der Waals surface area contributed by atoms with Crippen molar-refractivity contribution in [1.82, 2.24) is 0 Å². The van der Waals surface area contributed by atoms with Gasteiger partial charge < -0.3 is 20.1 Å². The van der Waals surface area contributed by atoms with Gasteiger partial charge in [-0.25, -0.2) is 0 Å². The molecule has 0 aromatic heterocycles. The Balaban J connectivity index is 0.00000264. The summed E-state index contributed by atoms with van der Waals surface area (Å²) in [7, 11) is 0. The van der Waals surface area contributed by atoms with Gasteiger partial charge in [-0.05, 0) is 85.6 Å². The molecule has 0 spiro atoms. The average molecular weight is 349 g/mol. The van der Waals surface area contributed by atoms with Gasteiger partial charge in [0.2, 0.25) is 0 Å². The van der Waals surface area contributed by atoms with E-state index in [9.17, 15) is 0 Å². The molecule has 0 fully saturated rings. The van der Waals surface area contributed by atoms with Crippen LogP contribution in [0.1, 0.15) is 13.8 Å². The van der Waals surface area contributed by atoms with Gasteiger partial charge in [0.05, 0.1) is 13.2 Å². The number of rotatable bonds is 6. The standard InChI is InChI=1S/C17H20N2O2S.H4Si/c1-3-20-15-9-5-13(6-10-15)18-17(22)19-14-7-11-16(12-8-14)21-4-2;/h5-12H,3-4H2,1-2H3,(H2,18,19,22);1H4. The lowest BCUT2D eigenvalue weighted by molar-refractivity contribution is 0.340. The minimum atomic E-state index is 0. The number of hydrogen-bond donors (Lipinski definition) is 2. The van der Waals surface area contributed by atoms with Gasteiger partial charge in [0.15, 0.2) is 5.11 Å². The van der Waals surface area contributed by atoms with E-state index in [0.29, 0.717) is 18.3 Å². The molecule has 124 valence electrons. The molecule has 2 aromatic rings. The molecule has 0 bridgehead atoms. The van der Waals surface area contributed by atoms with E-state index in [0.717, 1.165) is 22.9 Å². The number of benzene rings is 2. The van der Waals surface area contributed by atoms with Gasteiger partial charge in [-0.3, -0.25) is 0 Å². The minimum absolute atomic E-state index is 0. The number of anilines is 2. The van der Waals surface area contributed by atoms with Gasteiger partial charge in [0, 0.05) is 11.4 Å². The van der Waals surface area contributed by atoms with E-state index >= 15 is 0 Å². The van der Waals surface area contributed by atoms with E-state index in [4.69, 9.17) is 21.7 Å². The summed E-state index contributed by atoms with van der Waals surface area (Å²) in [5, 5.41) is 6.80. The molecule has 0 heterocycles. The molecule has 0 aliphatic rings. The number of thiocarbonyl (C=S) groups is 1. The lowest BCUT2D eigenvalue weighted by Gasteiger charge is -2.12. The van der Waals surface area contributed by atoms with E-state index in [1.165, 1.54) is 0 Å². The lowest BCUT2D eigenvalue weighted by atomic mass is 10.3. The molecule has 0 aliphatic carbocycles. The van der Waals surface area contributed by atoms with E-state index in [1.807, 2.05) is 62.4 Å². The third kappa shape index (κ3) is 6.30. The highest BCUT2D eigenvalue weighted by molar-refractivity contribution is 7.80. The van der Waals surface area contributed by atoms with Crippen LogP contribution < -0.4 is 20.1 Å². The number of hydrogen-bond acceptors (Lipinski definition) is 3. The Kier molecular flexibility index (Phi) is 8.14. The van der Waals surface area contributed by atoms with Gasteiger partial charge in [-0.1, -0.05) is 0 Å². The Morgan fingerprint density at radius 2 is 1.13 bits per heavy atom. The van der Waals surface area contributed by atoms with Crippen molar-refractivity contribution in [2.75, 3.05) is 23.8 Å². The molecule has 0 aliphatic heterocycles. The minimum Gasteiger partial charge on any atom is -0.494 e. The van der Waals surface area contributed by atoms with Crippen LogP contribution in [0.25, 0.3) is 0 Å². The quantitative estimate of drug-likeness (QED) is 0.621. The maximum atomic E-state index is 5.40. The molecule has 0 atom stereocenters. The Morgan fingerprint density at radius 1 is 0.783 bits per heavy atom. The summed E-state index contributed by atoms with van der Waals surface area (Å²) >= 11 is 5.30. The Hall–Kier alpha value is -2.05. The first-order valence-electron chi connectivity index (χ1n) is 7.25. The summed E-state index contributed by atoms with van der Waals surface area (Å²) in [5.41, 5.74) is 1.82. The average Bonchev–Trinajstić information content (AvgIpc) is 2.52. The third-order valence-corrected chi connectivity index (χ3v) is 3.05. The molecule has 2 N–H and O–H groups in total. The first kappa shape index (κ1) is 19.0. The van der Waals surface area contributed by atoms with Gasteiger partial charge in [-0.2, -0.15) is 0 Å². The molecule has 0 saturated carbocycles. The molecule has 0 saturated heterocycles. The molecular formula is C17H24N2O2SSi. The van der Waals surface area contributed by atoms with Gasteiger partial charge in [0.25, 0.3) is 0 Å². The van der Waals surface area contributed by atoms with Crippen molar-refractivity contribution in [3.63, 3.8) is 0 Å². The predicted molar refractivity (Wildman–Crippen MR) is 106 cm³/mol. The fourth-order valence-corrected chi connectivity index (χ4v) is 2.13. The largest absolute Gasteiger partial charge is 0.494 e. The maximum Gasteiger partial charge on any atom is 0.175 e. The molecular weight excluding hydrogens is 324 g/mol. The molecule has 2 aromatic carbocycles. The molecule has 6 heteroatoms. The highest BCUT2D eigenvalue weighted by Crippen LogP contribution is 2.18. The van der Waals surface area contributed by atoms with E-state index in [-0.39, 0.29) is 11.0 Å². The fourth-order valence-electron chi connectivity index (χ4n) is 1.90. The first-order valence-corrected chi connectivity index (χ1v) is 7.65. The van der Waals surface area contributed by atoms with Crippen molar-refractivity contribution in [1.29, 1.82) is 0 Å². The SMILES string of the molecule is CCOc1ccc(NC(=S)Nc2ccc(OCC)cc2)cc1.[SiH4]. The molecule has 4 nitrogen and oxygen atoms in total. The first-order chi connectivity index (χ1) is 10.7. The van der Waals surface area contributed by atoms with E-state index in [1.54, 1.807) is 0 Å². The normalized spacial score (nSPS) is 9.48. The van der Waals surface area contributed by atoms with E-state index in [2.05, 4.69) is 10.6 Å². The summed E-state index contributed by atoms with van der Waals surface area (Å²) < 4.78 is 10.8. The second kappa shape index (κ2) is 9.86. The number of nitrogens with one attached hydrogen (secondary N) is 2. The van der Waals surface area contributed by atoms with Crippen molar-refractivity contribution in [3.8, 4) is 11.5 Å². The van der Waals surface area contributed by atoms with Crippen LogP contribution in [-0.2, 0) is 0 Å². The van der Waals surface area contributed by atoms with Crippen LogP contribution in [0.15, 0.2) is 48.5 Å². The molecule has 23 heavy (non-hydrogen) atoms.